The number of hydrogen-bond acceptors (Lipinski definition) is 5. The Hall–Kier alpha value is -2.31. The van der Waals surface area contributed by atoms with Crippen molar-refractivity contribution < 1.29 is 14.3 Å². The zero-order valence-corrected chi connectivity index (χ0v) is 16.9. The largest absolute Gasteiger partial charge is 0.493 e. The van der Waals surface area contributed by atoms with E-state index in [9.17, 15) is 4.79 Å². The van der Waals surface area contributed by atoms with Crippen molar-refractivity contribution in [3.05, 3.63) is 64.1 Å². The third kappa shape index (κ3) is 5.58. The lowest BCUT2D eigenvalue weighted by molar-refractivity contribution is -0.115. The van der Waals surface area contributed by atoms with Gasteiger partial charge in [0.1, 0.15) is 15.8 Å². The molecule has 6 heteroatoms. The zero-order valence-electron chi connectivity index (χ0n) is 15.3. The van der Waals surface area contributed by atoms with Crippen LogP contribution < -0.4 is 14.8 Å². The van der Waals surface area contributed by atoms with Crippen LogP contribution in [-0.2, 0) is 4.79 Å². The molecule has 0 unspecified atom stereocenters. The molecule has 1 N–H and O–H groups in total. The van der Waals surface area contributed by atoms with Crippen LogP contribution in [0.5, 0.6) is 11.5 Å². The molecule has 140 valence electrons. The number of carbonyl (C=O) groups excluding carboxylic acids is 1. The molecule has 0 radical (unpaired) electrons. The molecule has 1 fully saturated rings. The third-order valence-corrected chi connectivity index (χ3v) is 5.02. The van der Waals surface area contributed by atoms with Crippen molar-refractivity contribution in [3.63, 3.8) is 0 Å². The van der Waals surface area contributed by atoms with Gasteiger partial charge in [0.15, 0.2) is 0 Å². The van der Waals surface area contributed by atoms with E-state index in [4.69, 9.17) is 21.7 Å². The molecule has 1 saturated heterocycles. The van der Waals surface area contributed by atoms with Gasteiger partial charge < -0.3 is 14.8 Å². The first-order chi connectivity index (χ1) is 13.0. The van der Waals surface area contributed by atoms with Crippen molar-refractivity contribution in [3.8, 4) is 11.5 Å². The highest BCUT2D eigenvalue weighted by molar-refractivity contribution is 8.26. The van der Waals surface area contributed by atoms with Crippen molar-refractivity contribution in [2.24, 2.45) is 0 Å². The number of aryl methyl sites for hydroxylation is 2. The van der Waals surface area contributed by atoms with E-state index in [1.807, 2.05) is 36.4 Å². The topological polar surface area (TPSA) is 47.6 Å². The minimum Gasteiger partial charge on any atom is -0.493 e. The van der Waals surface area contributed by atoms with E-state index < -0.39 is 0 Å². The van der Waals surface area contributed by atoms with Crippen molar-refractivity contribution in [1.82, 2.24) is 5.32 Å². The van der Waals surface area contributed by atoms with Gasteiger partial charge in [-0.05, 0) is 49.2 Å². The molecule has 0 aliphatic carbocycles. The lowest BCUT2D eigenvalue weighted by atomic mass is 10.1. The van der Waals surface area contributed by atoms with Crippen LogP contribution in [0.1, 0.15) is 23.1 Å². The maximum absolute atomic E-state index is 11.8. The molecule has 1 heterocycles. The second kappa shape index (κ2) is 9.06. The summed E-state index contributed by atoms with van der Waals surface area (Å²) >= 11 is 6.29. The minimum absolute atomic E-state index is 0.165. The Labute approximate surface area is 168 Å². The Balaban J connectivity index is 1.53. The predicted octanol–water partition coefficient (Wildman–Crippen LogP) is 4.64. The van der Waals surface area contributed by atoms with Gasteiger partial charge in [-0.25, -0.2) is 0 Å². The quantitative estimate of drug-likeness (QED) is 0.418. The van der Waals surface area contributed by atoms with Crippen LogP contribution in [0.2, 0.25) is 0 Å². The van der Waals surface area contributed by atoms with Crippen molar-refractivity contribution in [1.29, 1.82) is 0 Å². The fraction of sp³-hybridized carbons (Fsp3) is 0.238. The Morgan fingerprint density at radius 2 is 1.78 bits per heavy atom. The van der Waals surface area contributed by atoms with Crippen LogP contribution in [0, 0.1) is 13.8 Å². The van der Waals surface area contributed by atoms with Crippen LogP contribution in [0.25, 0.3) is 6.08 Å². The molecule has 3 rings (SSSR count). The molecule has 0 saturated carbocycles. The number of ether oxygens (including phenoxy) is 2. The number of amides is 1. The number of rotatable bonds is 7. The molecular formula is C21H21NO3S2. The number of hydrogen-bond donors (Lipinski definition) is 1. The average Bonchev–Trinajstić information content (AvgIpc) is 2.92. The van der Waals surface area contributed by atoms with Crippen LogP contribution in [-0.4, -0.2) is 23.4 Å². The summed E-state index contributed by atoms with van der Waals surface area (Å²) in [7, 11) is 0. The molecule has 1 amide bonds. The Bertz CT molecular complexity index is 872. The highest BCUT2D eigenvalue weighted by Crippen LogP contribution is 2.29. The third-order valence-electron chi connectivity index (χ3n) is 3.86. The SMILES string of the molecule is Cc1cc(C)cc(OCCCOc2ccccc2C=C2SC(=S)NC2=O)c1. The fourth-order valence-electron chi connectivity index (χ4n) is 2.74. The lowest BCUT2D eigenvalue weighted by Crippen LogP contribution is -2.17. The van der Waals surface area contributed by atoms with E-state index in [1.54, 1.807) is 6.08 Å². The summed E-state index contributed by atoms with van der Waals surface area (Å²) in [6.45, 7) is 5.23. The summed E-state index contributed by atoms with van der Waals surface area (Å²) in [4.78, 5) is 12.4. The molecule has 2 aromatic rings. The first kappa shape index (κ1) is 19.5. The van der Waals surface area contributed by atoms with E-state index >= 15 is 0 Å². The predicted molar refractivity (Wildman–Crippen MR) is 114 cm³/mol. The molecule has 27 heavy (non-hydrogen) atoms. The van der Waals surface area contributed by atoms with Gasteiger partial charge in [0.25, 0.3) is 5.91 Å². The standard InChI is InChI=1S/C21H21NO3S2/c1-14-10-15(2)12-17(11-14)24-8-5-9-25-18-7-4-3-6-16(18)13-19-20(23)22-21(26)27-19/h3-4,6-7,10-13H,5,8-9H2,1-2H3,(H,22,23,26). The maximum atomic E-state index is 11.8. The van der Waals surface area contributed by atoms with Gasteiger partial charge in [-0.3, -0.25) is 4.79 Å². The highest BCUT2D eigenvalue weighted by Gasteiger charge is 2.22. The summed E-state index contributed by atoms with van der Waals surface area (Å²) in [5, 5.41) is 2.62. The first-order valence-electron chi connectivity index (χ1n) is 8.69. The highest BCUT2D eigenvalue weighted by atomic mass is 32.2. The summed E-state index contributed by atoms with van der Waals surface area (Å²) in [5.74, 6) is 1.46. The lowest BCUT2D eigenvalue weighted by Gasteiger charge is -2.11. The normalized spacial score (nSPS) is 15.1. The maximum Gasteiger partial charge on any atom is 0.263 e. The van der Waals surface area contributed by atoms with E-state index in [1.165, 1.54) is 22.9 Å². The second-order valence-corrected chi connectivity index (χ2v) is 7.98. The summed E-state index contributed by atoms with van der Waals surface area (Å²) < 4.78 is 12.2. The smallest absolute Gasteiger partial charge is 0.263 e. The first-order valence-corrected chi connectivity index (χ1v) is 9.91. The number of thiocarbonyl (C=S) groups is 1. The Morgan fingerprint density at radius 1 is 1.07 bits per heavy atom. The molecule has 2 aromatic carbocycles. The molecule has 4 nitrogen and oxygen atoms in total. The molecule has 0 spiro atoms. The summed E-state index contributed by atoms with van der Waals surface area (Å²) in [5.41, 5.74) is 3.24. The summed E-state index contributed by atoms with van der Waals surface area (Å²) in [6, 6.07) is 13.8. The van der Waals surface area contributed by atoms with Crippen LogP contribution in [0.15, 0.2) is 47.4 Å². The zero-order chi connectivity index (χ0) is 19.2. The number of para-hydroxylation sites is 1. The Morgan fingerprint density at radius 3 is 2.48 bits per heavy atom. The number of thioether (sulfide) groups is 1. The Kier molecular flexibility index (Phi) is 6.53. The second-order valence-electron chi connectivity index (χ2n) is 6.26. The molecular weight excluding hydrogens is 378 g/mol. The van der Waals surface area contributed by atoms with Crippen molar-refractivity contribution >= 4 is 40.3 Å². The molecule has 0 atom stereocenters. The van der Waals surface area contributed by atoms with E-state index in [0.717, 1.165) is 23.5 Å². The van der Waals surface area contributed by atoms with Gasteiger partial charge in [-0.2, -0.15) is 0 Å². The minimum atomic E-state index is -0.165. The van der Waals surface area contributed by atoms with Crippen molar-refractivity contribution in [2.75, 3.05) is 13.2 Å². The summed E-state index contributed by atoms with van der Waals surface area (Å²) in [6.07, 6.45) is 2.57. The van der Waals surface area contributed by atoms with E-state index in [2.05, 4.69) is 25.2 Å². The van der Waals surface area contributed by atoms with Crippen LogP contribution in [0.4, 0.5) is 0 Å². The van der Waals surface area contributed by atoms with Crippen molar-refractivity contribution in [2.45, 2.75) is 20.3 Å². The van der Waals surface area contributed by atoms with E-state index in [-0.39, 0.29) is 5.91 Å². The van der Waals surface area contributed by atoms with Gasteiger partial charge in [-0.15, -0.1) is 0 Å². The van der Waals surface area contributed by atoms with Crippen LogP contribution in [0.3, 0.4) is 0 Å². The van der Waals surface area contributed by atoms with Crippen LogP contribution >= 0.6 is 24.0 Å². The van der Waals surface area contributed by atoms with Gasteiger partial charge in [0, 0.05) is 12.0 Å². The number of nitrogens with one attached hydrogen (secondary N) is 1. The van der Waals surface area contributed by atoms with Gasteiger partial charge in [0.2, 0.25) is 0 Å². The fourth-order valence-corrected chi connectivity index (χ4v) is 3.78. The monoisotopic (exact) mass is 399 g/mol. The molecule has 1 aliphatic rings. The number of benzene rings is 2. The van der Waals surface area contributed by atoms with Gasteiger partial charge in [-0.1, -0.05) is 48.2 Å². The number of carbonyl (C=O) groups is 1. The van der Waals surface area contributed by atoms with Gasteiger partial charge >= 0.3 is 0 Å². The molecule has 1 aliphatic heterocycles. The van der Waals surface area contributed by atoms with E-state index in [0.29, 0.717) is 22.4 Å². The molecule has 0 bridgehead atoms. The van der Waals surface area contributed by atoms with Gasteiger partial charge in [0.05, 0.1) is 18.1 Å². The average molecular weight is 400 g/mol. The molecule has 0 aromatic heterocycles.